The van der Waals surface area contributed by atoms with Crippen LogP contribution in [-0.4, -0.2) is 33.4 Å². The number of benzene rings is 2. The van der Waals surface area contributed by atoms with Crippen LogP contribution < -0.4 is 10.3 Å². The standard InChI is InChI=1S/C30H30N2O4/c1-3-19-7-9-20(10-8-19)13-26-29(35)28-18(2)11-25(33)23(30(28)36-26)17-31-14-21-12-22(16-31)24-5-4-6-27(34)32(24)15-21/h4-11,13,21-22,33H,3,12,14-17H2,1-2H3/b26-13-/t21-,22+/m1/s1. The number of aromatic hydroxyl groups is 1. The highest BCUT2D eigenvalue weighted by molar-refractivity contribution is 6.15. The number of likely N-dealkylation sites (tertiary alicyclic amines) is 1. The van der Waals surface area contributed by atoms with Crippen molar-refractivity contribution in [2.24, 2.45) is 5.92 Å². The Hall–Kier alpha value is -3.64. The van der Waals surface area contributed by atoms with Gasteiger partial charge in [-0.05, 0) is 60.6 Å². The third-order valence-corrected chi connectivity index (χ3v) is 7.84. The van der Waals surface area contributed by atoms with Crippen molar-refractivity contribution in [3.05, 3.63) is 98.2 Å². The molecule has 3 aliphatic heterocycles. The monoisotopic (exact) mass is 482 g/mol. The van der Waals surface area contributed by atoms with Crippen LogP contribution in [0.2, 0.25) is 0 Å². The number of piperidine rings is 1. The van der Waals surface area contributed by atoms with E-state index in [4.69, 9.17) is 4.74 Å². The predicted octanol–water partition coefficient (Wildman–Crippen LogP) is 4.66. The van der Waals surface area contributed by atoms with E-state index in [1.807, 2.05) is 29.7 Å². The van der Waals surface area contributed by atoms with Crippen molar-refractivity contribution in [2.75, 3.05) is 13.1 Å². The van der Waals surface area contributed by atoms with Gasteiger partial charge >= 0.3 is 0 Å². The molecule has 0 spiro atoms. The summed E-state index contributed by atoms with van der Waals surface area (Å²) >= 11 is 0. The van der Waals surface area contributed by atoms with Crippen molar-refractivity contribution in [1.29, 1.82) is 0 Å². The maximum absolute atomic E-state index is 13.3. The normalized spacial score (nSPS) is 21.8. The van der Waals surface area contributed by atoms with Gasteiger partial charge in [0.15, 0.2) is 5.76 Å². The second kappa shape index (κ2) is 8.79. The van der Waals surface area contributed by atoms with E-state index < -0.39 is 0 Å². The number of ether oxygens (including phenoxy) is 1. The molecule has 6 nitrogen and oxygen atoms in total. The van der Waals surface area contributed by atoms with Gasteiger partial charge in [0.25, 0.3) is 5.56 Å². The highest BCUT2D eigenvalue weighted by Gasteiger charge is 2.37. The number of Topliss-reactive ketones (excluding diaryl/α,β-unsaturated/α-hetero) is 1. The number of nitrogens with zero attached hydrogens (tertiary/aromatic N) is 2. The van der Waals surface area contributed by atoms with Gasteiger partial charge in [-0.25, -0.2) is 0 Å². The molecule has 1 aromatic heterocycles. The summed E-state index contributed by atoms with van der Waals surface area (Å²) in [6.45, 7) is 6.78. The summed E-state index contributed by atoms with van der Waals surface area (Å²) < 4.78 is 8.08. The van der Waals surface area contributed by atoms with Gasteiger partial charge in [-0.1, -0.05) is 37.3 Å². The van der Waals surface area contributed by atoms with Gasteiger partial charge in [-0.15, -0.1) is 0 Å². The van der Waals surface area contributed by atoms with Crippen molar-refractivity contribution in [1.82, 2.24) is 9.47 Å². The molecule has 0 amide bonds. The van der Waals surface area contributed by atoms with E-state index in [1.165, 1.54) is 5.56 Å². The minimum absolute atomic E-state index is 0.0696. The summed E-state index contributed by atoms with van der Waals surface area (Å²) in [6.07, 6.45) is 3.80. The van der Waals surface area contributed by atoms with Crippen LogP contribution >= 0.6 is 0 Å². The Morgan fingerprint density at radius 1 is 1.08 bits per heavy atom. The molecule has 6 rings (SSSR count). The van der Waals surface area contributed by atoms with Gasteiger partial charge in [0.05, 0.1) is 11.1 Å². The maximum atomic E-state index is 13.3. The number of hydrogen-bond donors (Lipinski definition) is 1. The van der Waals surface area contributed by atoms with E-state index in [9.17, 15) is 14.7 Å². The molecule has 2 atom stereocenters. The Morgan fingerprint density at radius 3 is 2.67 bits per heavy atom. The number of carbonyl (C=O) groups is 1. The summed E-state index contributed by atoms with van der Waals surface area (Å²) in [5.74, 6) is 1.42. The van der Waals surface area contributed by atoms with Crippen LogP contribution in [0.3, 0.4) is 0 Å². The highest BCUT2D eigenvalue weighted by atomic mass is 16.5. The van der Waals surface area contributed by atoms with E-state index in [0.717, 1.165) is 43.7 Å². The van der Waals surface area contributed by atoms with E-state index in [2.05, 4.69) is 30.0 Å². The minimum atomic E-state index is -0.146. The zero-order valence-corrected chi connectivity index (χ0v) is 20.7. The van der Waals surface area contributed by atoms with Gasteiger partial charge in [-0.3, -0.25) is 14.5 Å². The van der Waals surface area contributed by atoms with E-state index in [-0.39, 0.29) is 28.8 Å². The molecule has 184 valence electrons. The number of phenolic OH excluding ortho intramolecular Hbond substituents is 1. The number of rotatable bonds is 4. The molecule has 1 N–H and O–H groups in total. The van der Waals surface area contributed by atoms with Crippen molar-refractivity contribution < 1.29 is 14.6 Å². The summed E-state index contributed by atoms with van der Waals surface area (Å²) in [4.78, 5) is 28.0. The molecular formula is C30H30N2O4. The first-order valence-corrected chi connectivity index (χ1v) is 12.7. The van der Waals surface area contributed by atoms with Gasteiger partial charge < -0.3 is 14.4 Å². The largest absolute Gasteiger partial charge is 0.507 e. The highest BCUT2D eigenvalue weighted by Crippen LogP contribution is 2.43. The lowest BCUT2D eigenvalue weighted by molar-refractivity contribution is 0.101. The first-order valence-electron chi connectivity index (χ1n) is 12.7. The molecule has 0 saturated carbocycles. The first-order chi connectivity index (χ1) is 17.4. The van der Waals surface area contributed by atoms with Crippen LogP contribution in [0.5, 0.6) is 11.5 Å². The Kier molecular flexibility index (Phi) is 5.56. The zero-order valence-electron chi connectivity index (χ0n) is 20.7. The molecule has 6 heteroatoms. The number of phenols is 1. The van der Waals surface area contributed by atoms with Gasteiger partial charge in [-0.2, -0.15) is 0 Å². The fourth-order valence-electron chi connectivity index (χ4n) is 6.08. The summed E-state index contributed by atoms with van der Waals surface area (Å²) in [7, 11) is 0. The molecule has 1 fully saturated rings. The van der Waals surface area contributed by atoms with Crippen LogP contribution in [0.15, 0.2) is 59.1 Å². The molecule has 0 aliphatic carbocycles. The van der Waals surface area contributed by atoms with Crippen LogP contribution in [0, 0.1) is 12.8 Å². The molecule has 3 aromatic rings. The molecule has 1 saturated heterocycles. The maximum Gasteiger partial charge on any atom is 0.250 e. The van der Waals surface area contributed by atoms with Gasteiger partial charge in [0, 0.05) is 43.9 Å². The summed E-state index contributed by atoms with van der Waals surface area (Å²) in [6, 6.07) is 15.3. The van der Waals surface area contributed by atoms with Gasteiger partial charge in [0.2, 0.25) is 5.78 Å². The Morgan fingerprint density at radius 2 is 1.89 bits per heavy atom. The molecule has 4 heterocycles. The number of aromatic nitrogens is 1. The topological polar surface area (TPSA) is 71.8 Å². The van der Waals surface area contributed by atoms with Crippen LogP contribution in [-0.2, 0) is 19.5 Å². The Bertz CT molecular complexity index is 1450. The van der Waals surface area contributed by atoms with Crippen molar-refractivity contribution in [3.8, 4) is 11.5 Å². The number of carbonyl (C=O) groups excluding carboxylic acids is 1. The Balaban J connectivity index is 1.30. The SMILES string of the molecule is CCc1ccc(/C=C2\Oc3c(CN4C[C@H]5C[C@@H](C4)c4cccc(=O)n4C5)c(O)cc(C)c3C2=O)cc1. The molecule has 36 heavy (non-hydrogen) atoms. The first kappa shape index (κ1) is 22.8. The van der Waals surface area contributed by atoms with Crippen molar-refractivity contribution in [2.45, 2.75) is 45.7 Å². The zero-order chi connectivity index (χ0) is 25.0. The van der Waals surface area contributed by atoms with Crippen molar-refractivity contribution in [3.63, 3.8) is 0 Å². The second-order valence-corrected chi connectivity index (χ2v) is 10.3. The molecule has 0 radical (unpaired) electrons. The number of ketones is 1. The Labute approximate surface area is 210 Å². The average molecular weight is 483 g/mol. The fourth-order valence-corrected chi connectivity index (χ4v) is 6.08. The fraction of sp³-hybridized carbons (Fsp3) is 0.333. The molecule has 2 bridgehead atoms. The van der Waals surface area contributed by atoms with E-state index >= 15 is 0 Å². The van der Waals surface area contributed by atoms with Crippen LogP contribution in [0.25, 0.3) is 6.08 Å². The lowest BCUT2D eigenvalue weighted by Crippen LogP contribution is -2.46. The quantitative estimate of drug-likeness (QED) is 0.548. The number of hydrogen-bond acceptors (Lipinski definition) is 5. The number of aryl methyl sites for hydroxylation is 2. The second-order valence-electron chi connectivity index (χ2n) is 10.3. The van der Waals surface area contributed by atoms with Crippen LogP contribution in [0.4, 0.5) is 0 Å². The molecule has 0 unspecified atom stereocenters. The van der Waals surface area contributed by atoms with Crippen LogP contribution in [0.1, 0.15) is 57.6 Å². The third-order valence-electron chi connectivity index (χ3n) is 7.84. The summed E-state index contributed by atoms with van der Waals surface area (Å²) in [5, 5.41) is 10.9. The minimum Gasteiger partial charge on any atom is -0.507 e. The molecule has 2 aromatic carbocycles. The number of pyridine rings is 1. The lowest BCUT2D eigenvalue weighted by Gasteiger charge is -2.43. The predicted molar refractivity (Wildman–Crippen MR) is 138 cm³/mol. The molecular weight excluding hydrogens is 452 g/mol. The third kappa shape index (κ3) is 3.86. The number of fused-ring (bicyclic) bond motifs is 5. The number of allylic oxidation sites excluding steroid dienone is 1. The van der Waals surface area contributed by atoms with Crippen molar-refractivity contribution >= 4 is 11.9 Å². The van der Waals surface area contributed by atoms with E-state index in [0.29, 0.717) is 34.9 Å². The molecule has 3 aliphatic rings. The summed E-state index contributed by atoms with van der Waals surface area (Å²) in [5.41, 5.74) is 5.20. The lowest BCUT2D eigenvalue weighted by atomic mass is 9.83. The van der Waals surface area contributed by atoms with Gasteiger partial charge in [0.1, 0.15) is 11.5 Å². The van der Waals surface area contributed by atoms with E-state index in [1.54, 1.807) is 18.2 Å². The smallest absolute Gasteiger partial charge is 0.250 e. The average Bonchev–Trinajstić information content (AvgIpc) is 3.19.